The van der Waals surface area contributed by atoms with E-state index in [4.69, 9.17) is 19.9 Å². The smallest absolute Gasteiger partial charge is 0.328 e. The summed E-state index contributed by atoms with van der Waals surface area (Å²) < 4.78 is 17.0. The molecule has 9 atom stereocenters. The van der Waals surface area contributed by atoms with E-state index < -0.39 is 42.1 Å². The summed E-state index contributed by atoms with van der Waals surface area (Å²) in [6, 6.07) is 7.37. The number of carbonyl (C=O) groups is 5. The van der Waals surface area contributed by atoms with Crippen LogP contribution in [0.2, 0.25) is 0 Å². The van der Waals surface area contributed by atoms with Crippen LogP contribution >= 0.6 is 0 Å². The maximum absolute atomic E-state index is 14.5. The molecule has 1 aliphatic rings. The van der Waals surface area contributed by atoms with Gasteiger partial charge in [0.25, 0.3) is 0 Å². The number of methoxy groups -OCH3 is 3. The molecule has 1 aromatic rings. The summed E-state index contributed by atoms with van der Waals surface area (Å²) in [4.78, 5) is 74.8. The number of likely N-dealkylation sites (N-methyl/N-ethyl adjacent to an activating group) is 2. The molecule has 1 fully saturated rings. The number of nitrogens with one attached hydrogen (secondary N) is 1. The summed E-state index contributed by atoms with van der Waals surface area (Å²) in [7, 11) is 8.14. The molecule has 3 amide bonds. The van der Waals surface area contributed by atoms with E-state index in [-0.39, 0.29) is 72.6 Å². The third kappa shape index (κ3) is 14.1. The lowest BCUT2D eigenvalue weighted by Crippen LogP contribution is -2.55. The van der Waals surface area contributed by atoms with Crippen molar-refractivity contribution in [2.24, 2.45) is 35.3 Å². The van der Waals surface area contributed by atoms with Crippen LogP contribution in [0.15, 0.2) is 30.3 Å². The van der Waals surface area contributed by atoms with Gasteiger partial charge in [-0.15, -0.1) is 0 Å². The Balaban J connectivity index is 2.28. The van der Waals surface area contributed by atoms with Gasteiger partial charge in [-0.25, -0.2) is 4.79 Å². The summed E-state index contributed by atoms with van der Waals surface area (Å²) in [5, 5.41) is 2.87. The van der Waals surface area contributed by atoms with E-state index >= 15 is 0 Å². The van der Waals surface area contributed by atoms with Gasteiger partial charge in [0.2, 0.25) is 17.7 Å². The van der Waals surface area contributed by atoms with Crippen molar-refractivity contribution in [2.45, 2.75) is 136 Å². The van der Waals surface area contributed by atoms with Gasteiger partial charge in [0.05, 0.1) is 49.8 Å². The zero-order chi connectivity index (χ0) is 43.7. The first-order valence-electron chi connectivity index (χ1n) is 21.5. The van der Waals surface area contributed by atoms with E-state index in [9.17, 15) is 24.0 Å². The van der Waals surface area contributed by atoms with Gasteiger partial charge in [0, 0.05) is 46.6 Å². The standard InChI is InChI=1S/C45H77N5O8/c1-13-31(6)41(49(9)44(54)34(29(2)3)27-37(51)40(30(4)5)48(8)24-18-17-23-46)38(56-10)28-39(52)50-25-19-22-36(50)42(57-11)32(7)43(53)47-35(45(55)58-12)26-33-20-15-14-16-21-33/h14-16,20-21,29-32,34-36,38,40-42H,13,17-19,22-28,46H2,1-12H3,(H,47,53)/t31-,32+,34-,35-,36-,38+,40-,41?,42+/m0/s1. The molecule has 1 unspecified atom stereocenters. The molecule has 13 nitrogen and oxygen atoms in total. The van der Waals surface area contributed by atoms with Gasteiger partial charge in [-0.3, -0.25) is 24.1 Å². The maximum Gasteiger partial charge on any atom is 0.328 e. The Bertz CT molecular complexity index is 1430. The van der Waals surface area contributed by atoms with Crippen molar-refractivity contribution in [3.8, 4) is 0 Å². The maximum atomic E-state index is 14.5. The number of ether oxygens (including phenoxy) is 3. The molecule has 0 saturated carbocycles. The first kappa shape index (κ1) is 50.8. The summed E-state index contributed by atoms with van der Waals surface area (Å²) in [6.07, 6.45) is 3.05. The zero-order valence-electron chi connectivity index (χ0n) is 37.7. The Morgan fingerprint density at radius 3 is 2.10 bits per heavy atom. The second-order valence-corrected chi connectivity index (χ2v) is 17.0. The molecule has 330 valence electrons. The fourth-order valence-electron chi connectivity index (χ4n) is 8.77. The van der Waals surface area contributed by atoms with Crippen molar-refractivity contribution in [1.29, 1.82) is 0 Å². The van der Waals surface area contributed by atoms with Crippen LogP contribution in [-0.2, 0) is 44.6 Å². The molecular formula is C45H77N5O8. The second-order valence-electron chi connectivity index (χ2n) is 17.0. The van der Waals surface area contributed by atoms with Crippen LogP contribution in [0.1, 0.15) is 99.0 Å². The lowest BCUT2D eigenvalue weighted by Gasteiger charge is -2.41. The molecular weight excluding hydrogens is 739 g/mol. The predicted octanol–water partition coefficient (Wildman–Crippen LogP) is 4.73. The van der Waals surface area contributed by atoms with E-state index in [0.717, 1.165) is 37.8 Å². The number of ketones is 1. The molecule has 58 heavy (non-hydrogen) atoms. The fourth-order valence-corrected chi connectivity index (χ4v) is 8.77. The van der Waals surface area contributed by atoms with Gasteiger partial charge in [-0.2, -0.15) is 0 Å². The lowest BCUT2D eigenvalue weighted by molar-refractivity contribution is -0.150. The topological polar surface area (TPSA) is 161 Å². The largest absolute Gasteiger partial charge is 0.467 e. The number of hydrogen-bond acceptors (Lipinski definition) is 10. The molecule has 0 bridgehead atoms. The zero-order valence-corrected chi connectivity index (χ0v) is 37.7. The molecule has 2 rings (SSSR count). The molecule has 0 spiro atoms. The van der Waals surface area contributed by atoms with Gasteiger partial charge >= 0.3 is 5.97 Å². The number of Topliss-reactive ketones (excluding diaryl/α,β-unsaturated/α-hetero) is 1. The molecule has 0 aromatic heterocycles. The summed E-state index contributed by atoms with van der Waals surface area (Å²) in [6.45, 7) is 15.8. The molecule has 1 aromatic carbocycles. The minimum absolute atomic E-state index is 0.0178. The van der Waals surface area contributed by atoms with Gasteiger partial charge in [-0.05, 0) is 69.1 Å². The first-order chi connectivity index (χ1) is 27.5. The highest BCUT2D eigenvalue weighted by Gasteiger charge is 2.43. The Hall–Kier alpha value is -3.39. The van der Waals surface area contributed by atoms with E-state index in [0.29, 0.717) is 19.5 Å². The van der Waals surface area contributed by atoms with Gasteiger partial charge in [-0.1, -0.05) is 85.2 Å². The molecule has 13 heteroatoms. The quantitative estimate of drug-likeness (QED) is 0.0989. The molecule has 0 radical (unpaired) electrons. The van der Waals surface area contributed by atoms with E-state index in [2.05, 4.69) is 24.1 Å². The van der Waals surface area contributed by atoms with Crippen LogP contribution in [0.4, 0.5) is 0 Å². The summed E-state index contributed by atoms with van der Waals surface area (Å²) >= 11 is 0. The Morgan fingerprint density at radius 1 is 0.914 bits per heavy atom. The Morgan fingerprint density at radius 2 is 1.57 bits per heavy atom. The third-order valence-corrected chi connectivity index (χ3v) is 12.3. The summed E-state index contributed by atoms with van der Waals surface area (Å²) in [5.41, 5.74) is 6.59. The third-order valence-electron chi connectivity index (χ3n) is 12.3. The van der Waals surface area contributed by atoms with Crippen LogP contribution in [-0.4, -0.2) is 136 Å². The number of unbranched alkanes of at least 4 members (excludes halogenated alkanes) is 1. The minimum Gasteiger partial charge on any atom is -0.467 e. The number of hydrogen-bond donors (Lipinski definition) is 2. The molecule has 1 aliphatic heterocycles. The number of likely N-dealkylation sites (tertiary alicyclic amines) is 1. The first-order valence-corrected chi connectivity index (χ1v) is 21.5. The van der Waals surface area contributed by atoms with Crippen LogP contribution in [0.5, 0.6) is 0 Å². The van der Waals surface area contributed by atoms with Crippen molar-refractivity contribution in [1.82, 2.24) is 20.0 Å². The normalized spacial score (nSPS) is 18.6. The number of rotatable bonds is 26. The van der Waals surface area contributed by atoms with Gasteiger partial charge in [0.1, 0.15) is 6.04 Å². The average molecular weight is 816 g/mol. The number of esters is 1. The highest BCUT2D eigenvalue weighted by atomic mass is 16.5. The van der Waals surface area contributed by atoms with Gasteiger partial charge in [0.15, 0.2) is 5.78 Å². The number of carbonyl (C=O) groups excluding carboxylic acids is 5. The van der Waals surface area contributed by atoms with Gasteiger partial charge < -0.3 is 35.1 Å². The number of nitrogens with two attached hydrogens (primary N) is 1. The van der Waals surface area contributed by atoms with Crippen molar-refractivity contribution < 1.29 is 38.2 Å². The van der Waals surface area contributed by atoms with Crippen LogP contribution in [0.3, 0.4) is 0 Å². The number of benzene rings is 1. The number of nitrogens with zero attached hydrogens (tertiary/aromatic N) is 3. The monoisotopic (exact) mass is 816 g/mol. The van der Waals surface area contributed by atoms with Crippen LogP contribution in [0, 0.1) is 29.6 Å². The minimum atomic E-state index is -0.890. The highest BCUT2D eigenvalue weighted by Crippen LogP contribution is 2.31. The van der Waals surface area contributed by atoms with Crippen molar-refractivity contribution in [3.63, 3.8) is 0 Å². The van der Waals surface area contributed by atoms with Crippen LogP contribution in [0.25, 0.3) is 0 Å². The summed E-state index contributed by atoms with van der Waals surface area (Å²) in [5.74, 6) is -2.42. The lowest BCUT2D eigenvalue weighted by atomic mass is 9.83. The van der Waals surface area contributed by atoms with Crippen molar-refractivity contribution in [2.75, 3.05) is 55.1 Å². The Kier molecular flexibility index (Phi) is 22.1. The second kappa shape index (κ2) is 25.3. The molecule has 1 saturated heterocycles. The van der Waals surface area contributed by atoms with Crippen molar-refractivity contribution >= 4 is 29.5 Å². The Labute approximate surface area is 349 Å². The van der Waals surface area contributed by atoms with Crippen molar-refractivity contribution in [3.05, 3.63) is 35.9 Å². The van der Waals surface area contributed by atoms with Crippen LogP contribution < -0.4 is 11.1 Å². The molecule has 1 heterocycles. The van der Waals surface area contributed by atoms with E-state index in [1.165, 1.54) is 14.2 Å². The fraction of sp³-hybridized carbons (Fsp3) is 0.756. The highest BCUT2D eigenvalue weighted by molar-refractivity contribution is 5.90. The SMILES string of the molecule is CC[C@H](C)C([C@@H](CC(=O)N1CCC[C@H]1[C@H](OC)[C@@H](C)C(=O)N[C@@H](Cc1ccccc1)C(=O)OC)OC)N(C)C(=O)[C@@H](CC(=O)[C@H](C(C)C)N(C)CCCCN)C(C)C. The molecule has 0 aliphatic carbocycles. The predicted molar refractivity (Wildman–Crippen MR) is 228 cm³/mol. The number of amides is 3. The van der Waals surface area contributed by atoms with E-state index in [1.807, 2.05) is 65.1 Å². The van der Waals surface area contributed by atoms with E-state index in [1.54, 1.807) is 30.9 Å². The molecule has 3 N–H and O–H groups in total. The average Bonchev–Trinajstić information content (AvgIpc) is 3.68.